The quantitative estimate of drug-likeness (QED) is 0.780. The summed E-state index contributed by atoms with van der Waals surface area (Å²) in [6, 6.07) is 4.32. The molecule has 2 nitrogen and oxygen atoms in total. The van der Waals surface area contributed by atoms with Gasteiger partial charge < -0.3 is 5.32 Å². The van der Waals surface area contributed by atoms with Crippen LogP contribution in [0.3, 0.4) is 0 Å². The van der Waals surface area contributed by atoms with Gasteiger partial charge in [0.1, 0.15) is 0 Å². The van der Waals surface area contributed by atoms with Crippen molar-refractivity contribution < 1.29 is 0 Å². The van der Waals surface area contributed by atoms with Gasteiger partial charge in [-0.2, -0.15) is 0 Å². The summed E-state index contributed by atoms with van der Waals surface area (Å²) in [7, 11) is 0. The highest BCUT2D eigenvalue weighted by atomic mass is 14.9. The van der Waals surface area contributed by atoms with Gasteiger partial charge in [0.2, 0.25) is 0 Å². The van der Waals surface area contributed by atoms with Crippen LogP contribution in [-0.2, 0) is 0 Å². The number of hydrogen-bond acceptors (Lipinski definition) is 2. The molecule has 1 aliphatic carbocycles. The molecule has 1 N–H and O–H groups in total. The van der Waals surface area contributed by atoms with E-state index in [1.165, 1.54) is 44.3 Å². The highest BCUT2D eigenvalue weighted by Gasteiger charge is 2.29. The molecule has 1 saturated heterocycles. The summed E-state index contributed by atoms with van der Waals surface area (Å²) in [5.41, 5.74) is 1.45. The molecule has 2 heterocycles. The number of piperidine rings is 1. The first-order valence-electron chi connectivity index (χ1n) is 6.52. The average molecular weight is 216 g/mol. The van der Waals surface area contributed by atoms with Crippen LogP contribution >= 0.6 is 0 Å². The first-order valence-corrected chi connectivity index (χ1v) is 6.52. The van der Waals surface area contributed by atoms with Crippen LogP contribution in [0.4, 0.5) is 0 Å². The first-order chi connectivity index (χ1) is 7.92. The van der Waals surface area contributed by atoms with Crippen molar-refractivity contribution in [1.29, 1.82) is 0 Å². The number of nitrogens with one attached hydrogen (secondary N) is 1. The van der Waals surface area contributed by atoms with Crippen LogP contribution < -0.4 is 5.32 Å². The Hall–Kier alpha value is -0.890. The number of nitrogens with zero attached hydrogens (tertiary/aromatic N) is 1. The second-order valence-corrected chi connectivity index (χ2v) is 5.42. The summed E-state index contributed by atoms with van der Waals surface area (Å²) in [5, 5.41) is 3.58. The van der Waals surface area contributed by atoms with E-state index in [1.807, 2.05) is 6.20 Å². The third-order valence-corrected chi connectivity index (χ3v) is 4.23. The van der Waals surface area contributed by atoms with E-state index < -0.39 is 0 Å². The predicted octanol–water partition coefficient (Wildman–Crippen LogP) is 2.57. The van der Waals surface area contributed by atoms with Gasteiger partial charge in [-0.05, 0) is 68.2 Å². The maximum atomic E-state index is 4.26. The van der Waals surface area contributed by atoms with Gasteiger partial charge in [-0.3, -0.25) is 4.98 Å². The summed E-state index contributed by atoms with van der Waals surface area (Å²) in [6.45, 7) is 2.48. The fourth-order valence-electron chi connectivity index (χ4n) is 3.41. The Morgan fingerprint density at radius 3 is 2.94 bits per heavy atom. The van der Waals surface area contributed by atoms with Gasteiger partial charge in [-0.1, -0.05) is 6.07 Å². The number of rotatable bonds is 1. The van der Waals surface area contributed by atoms with Crippen molar-refractivity contribution in [1.82, 2.24) is 10.3 Å². The molecule has 0 spiro atoms. The van der Waals surface area contributed by atoms with Crippen LogP contribution in [0.1, 0.15) is 37.2 Å². The lowest BCUT2D eigenvalue weighted by Gasteiger charge is -2.27. The molecule has 1 aliphatic heterocycles. The normalized spacial score (nSPS) is 34.4. The van der Waals surface area contributed by atoms with Crippen LogP contribution in [0.25, 0.3) is 0 Å². The van der Waals surface area contributed by atoms with Crippen LogP contribution in [0.2, 0.25) is 0 Å². The minimum absolute atomic E-state index is 0.753. The highest BCUT2D eigenvalue weighted by molar-refractivity contribution is 5.15. The van der Waals surface area contributed by atoms with Crippen LogP contribution in [-0.4, -0.2) is 18.1 Å². The van der Waals surface area contributed by atoms with Crippen molar-refractivity contribution in [3.05, 3.63) is 30.1 Å². The Kier molecular flexibility index (Phi) is 2.92. The molecule has 2 bridgehead atoms. The monoisotopic (exact) mass is 216 g/mol. The Bertz CT molecular complexity index is 336. The molecule has 86 valence electrons. The Balaban J connectivity index is 1.77. The summed E-state index contributed by atoms with van der Waals surface area (Å²) in [5.74, 6) is 2.58. The minimum atomic E-state index is 0.753. The molecule has 2 fully saturated rings. The molecule has 1 saturated carbocycles. The molecule has 0 radical (unpaired) electrons. The molecule has 16 heavy (non-hydrogen) atoms. The van der Waals surface area contributed by atoms with E-state index in [4.69, 9.17) is 0 Å². The molecular formula is C14H20N2. The molecule has 2 heteroatoms. The lowest BCUT2D eigenvalue weighted by atomic mass is 9.87. The zero-order chi connectivity index (χ0) is 10.8. The zero-order valence-electron chi connectivity index (χ0n) is 9.73. The van der Waals surface area contributed by atoms with E-state index in [2.05, 4.69) is 28.6 Å². The highest BCUT2D eigenvalue weighted by Crippen LogP contribution is 2.38. The molecular weight excluding hydrogens is 196 g/mol. The number of pyridine rings is 1. The van der Waals surface area contributed by atoms with Crippen LogP contribution in [0.5, 0.6) is 0 Å². The second kappa shape index (κ2) is 4.54. The smallest absolute Gasteiger partial charge is 0.0302 e. The largest absolute Gasteiger partial charge is 0.316 e. The summed E-state index contributed by atoms with van der Waals surface area (Å²) >= 11 is 0. The van der Waals surface area contributed by atoms with Crippen molar-refractivity contribution in [2.45, 2.75) is 31.6 Å². The van der Waals surface area contributed by atoms with E-state index >= 15 is 0 Å². The molecule has 3 rings (SSSR count). The molecule has 0 amide bonds. The molecule has 1 aromatic heterocycles. The van der Waals surface area contributed by atoms with Crippen molar-refractivity contribution >= 4 is 0 Å². The van der Waals surface area contributed by atoms with Crippen molar-refractivity contribution in [2.75, 3.05) is 13.1 Å². The average Bonchev–Trinajstić information content (AvgIpc) is 2.49. The van der Waals surface area contributed by atoms with E-state index in [0.29, 0.717) is 0 Å². The van der Waals surface area contributed by atoms with Crippen LogP contribution in [0, 0.1) is 11.8 Å². The lowest BCUT2D eigenvalue weighted by molar-refractivity contribution is 0.289. The van der Waals surface area contributed by atoms with Crippen molar-refractivity contribution in [3.8, 4) is 0 Å². The van der Waals surface area contributed by atoms with E-state index in [0.717, 1.165) is 17.8 Å². The van der Waals surface area contributed by atoms with Gasteiger partial charge in [0.25, 0.3) is 0 Å². The Labute approximate surface area is 97.5 Å². The van der Waals surface area contributed by atoms with Crippen molar-refractivity contribution in [3.63, 3.8) is 0 Å². The third kappa shape index (κ3) is 2.12. The minimum Gasteiger partial charge on any atom is -0.316 e. The van der Waals surface area contributed by atoms with Gasteiger partial charge in [0.05, 0.1) is 0 Å². The van der Waals surface area contributed by atoms with E-state index in [1.54, 1.807) is 0 Å². The first kappa shape index (κ1) is 10.3. The van der Waals surface area contributed by atoms with Gasteiger partial charge in [-0.25, -0.2) is 0 Å². The fraction of sp³-hybridized carbons (Fsp3) is 0.643. The summed E-state index contributed by atoms with van der Waals surface area (Å²) < 4.78 is 0. The fourth-order valence-corrected chi connectivity index (χ4v) is 3.41. The molecule has 0 aromatic carbocycles. The second-order valence-electron chi connectivity index (χ2n) is 5.42. The third-order valence-electron chi connectivity index (χ3n) is 4.23. The molecule has 3 atom stereocenters. The van der Waals surface area contributed by atoms with Crippen LogP contribution in [0.15, 0.2) is 24.5 Å². The molecule has 3 unspecified atom stereocenters. The number of aromatic nitrogens is 1. The summed E-state index contributed by atoms with van der Waals surface area (Å²) in [6.07, 6.45) is 9.49. The molecule has 1 aromatic rings. The van der Waals surface area contributed by atoms with Gasteiger partial charge in [0, 0.05) is 12.4 Å². The van der Waals surface area contributed by atoms with Crippen molar-refractivity contribution in [2.24, 2.45) is 11.8 Å². The standard InChI is InChI=1S/C14H20N2/c1-2-14(10-15-5-1)13-4-3-11-6-12(7-13)9-16-8-11/h1-2,5,10-13,16H,3-4,6-9H2. The Morgan fingerprint density at radius 2 is 2.06 bits per heavy atom. The SMILES string of the molecule is c1cncc(C2CCC3CNCC(C3)C2)c1. The lowest BCUT2D eigenvalue weighted by Crippen LogP contribution is -2.35. The number of hydrogen-bond donors (Lipinski definition) is 1. The van der Waals surface area contributed by atoms with Gasteiger partial charge >= 0.3 is 0 Å². The topological polar surface area (TPSA) is 24.9 Å². The van der Waals surface area contributed by atoms with Gasteiger partial charge in [-0.15, -0.1) is 0 Å². The zero-order valence-corrected chi connectivity index (χ0v) is 9.73. The number of fused-ring (bicyclic) bond motifs is 2. The Morgan fingerprint density at radius 1 is 1.12 bits per heavy atom. The maximum Gasteiger partial charge on any atom is 0.0302 e. The van der Waals surface area contributed by atoms with E-state index in [-0.39, 0.29) is 0 Å². The van der Waals surface area contributed by atoms with E-state index in [9.17, 15) is 0 Å². The maximum absolute atomic E-state index is 4.26. The predicted molar refractivity (Wildman–Crippen MR) is 65.3 cm³/mol. The van der Waals surface area contributed by atoms with Gasteiger partial charge in [0.15, 0.2) is 0 Å². The molecule has 2 aliphatic rings. The summed E-state index contributed by atoms with van der Waals surface area (Å²) in [4.78, 5) is 4.26.